The molecule has 6 aliphatic carbocycles. The summed E-state index contributed by atoms with van der Waals surface area (Å²) in [6.07, 6.45) is 14.5. The Kier molecular flexibility index (Phi) is 7.31. The van der Waals surface area contributed by atoms with E-state index >= 15 is 0 Å². The Hall–Kier alpha value is -1.90. The number of rotatable bonds is 8. The maximum atomic E-state index is 14.9. The molecular formula is C37H48O6S2. The third-order valence-electron chi connectivity index (χ3n) is 13.3. The van der Waals surface area contributed by atoms with Gasteiger partial charge in [-0.2, -0.15) is 16.8 Å². The molecule has 45 heavy (non-hydrogen) atoms. The Morgan fingerprint density at radius 2 is 1.18 bits per heavy atom. The van der Waals surface area contributed by atoms with Crippen LogP contribution in [0, 0.1) is 42.4 Å². The zero-order chi connectivity index (χ0) is 31.4. The van der Waals surface area contributed by atoms with Crippen LogP contribution in [0.25, 0.3) is 0 Å². The third kappa shape index (κ3) is 5.20. The SMILES string of the molecule is Cc1cc(S(=O)(=O)O)c(C(C)C)cc1OS(=O)(=O)c1c(C2CC3CCC2C3)cc(C2CC3CCC2C3)cc1C1C[C@H]2CCC1C2. The van der Waals surface area contributed by atoms with Crippen molar-refractivity contribution < 1.29 is 25.6 Å². The van der Waals surface area contributed by atoms with Crippen molar-refractivity contribution in [1.29, 1.82) is 0 Å². The Morgan fingerprint density at radius 3 is 1.58 bits per heavy atom. The number of hydrogen-bond donors (Lipinski definition) is 1. The lowest BCUT2D eigenvalue weighted by Crippen LogP contribution is -2.23. The average Bonchev–Trinajstić information content (AvgIpc) is 3.85. The molecule has 0 aliphatic heterocycles. The first-order chi connectivity index (χ1) is 21.4. The molecule has 6 aliphatic rings. The second-order valence-corrected chi connectivity index (χ2v) is 19.1. The van der Waals surface area contributed by atoms with Crippen LogP contribution >= 0.6 is 0 Å². The summed E-state index contributed by atoms with van der Waals surface area (Å²) >= 11 is 0. The molecule has 6 fully saturated rings. The van der Waals surface area contributed by atoms with Crippen molar-refractivity contribution in [3.8, 4) is 5.75 Å². The summed E-state index contributed by atoms with van der Waals surface area (Å²) in [5, 5.41) is 0. The Morgan fingerprint density at radius 1 is 0.689 bits per heavy atom. The molecular weight excluding hydrogens is 605 g/mol. The van der Waals surface area contributed by atoms with E-state index < -0.39 is 20.2 Å². The quantitative estimate of drug-likeness (QED) is 0.226. The first-order valence-electron chi connectivity index (χ1n) is 17.6. The molecule has 2 aromatic carbocycles. The minimum absolute atomic E-state index is 0.140. The van der Waals surface area contributed by atoms with Crippen LogP contribution in [0.4, 0.5) is 0 Å². The van der Waals surface area contributed by atoms with E-state index in [2.05, 4.69) is 12.1 Å². The van der Waals surface area contributed by atoms with Crippen molar-refractivity contribution in [2.75, 3.05) is 0 Å². The first kappa shape index (κ1) is 30.4. The Balaban J connectivity index is 1.29. The minimum atomic E-state index is -4.48. The second-order valence-electron chi connectivity index (χ2n) is 16.2. The van der Waals surface area contributed by atoms with E-state index in [0.29, 0.717) is 51.5 Å². The molecule has 0 heterocycles. The molecule has 0 saturated heterocycles. The maximum absolute atomic E-state index is 14.9. The van der Waals surface area contributed by atoms with Crippen molar-refractivity contribution in [3.05, 3.63) is 52.1 Å². The van der Waals surface area contributed by atoms with Gasteiger partial charge in [0.25, 0.3) is 10.1 Å². The highest BCUT2D eigenvalue weighted by molar-refractivity contribution is 7.87. The van der Waals surface area contributed by atoms with Gasteiger partial charge >= 0.3 is 10.1 Å². The predicted octanol–water partition coefficient (Wildman–Crippen LogP) is 8.84. The van der Waals surface area contributed by atoms with Gasteiger partial charge < -0.3 is 4.18 Å². The van der Waals surface area contributed by atoms with E-state index in [0.717, 1.165) is 29.9 Å². The molecule has 8 unspecified atom stereocenters. The smallest absolute Gasteiger partial charge is 0.339 e. The summed E-state index contributed by atoms with van der Waals surface area (Å²) in [7, 11) is -8.74. The fourth-order valence-corrected chi connectivity index (χ4v) is 13.7. The van der Waals surface area contributed by atoms with E-state index in [1.807, 2.05) is 13.8 Å². The third-order valence-corrected chi connectivity index (χ3v) is 15.5. The van der Waals surface area contributed by atoms with E-state index in [1.165, 1.54) is 81.9 Å². The molecule has 1 N–H and O–H groups in total. The van der Waals surface area contributed by atoms with Crippen molar-refractivity contribution in [1.82, 2.24) is 0 Å². The molecule has 6 bridgehead atoms. The van der Waals surface area contributed by atoms with Gasteiger partial charge in [-0.15, -0.1) is 0 Å². The van der Waals surface area contributed by atoms with Gasteiger partial charge in [0.2, 0.25) is 0 Å². The van der Waals surface area contributed by atoms with Crippen LogP contribution in [0.1, 0.15) is 142 Å². The van der Waals surface area contributed by atoms with Crippen LogP contribution in [-0.2, 0) is 20.2 Å². The van der Waals surface area contributed by atoms with Gasteiger partial charge in [-0.3, -0.25) is 4.55 Å². The van der Waals surface area contributed by atoms with Gasteiger partial charge in [-0.1, -0.05) is 45.2 Å². The largest absolute Gasteiger partial charge is 0.379 e. The van der Waals surface area contributed by atoms with Gasteiger partial charge in [0, 0.05) is 0 Å². The van der Waals surface area contributed by atoms with Crippen LogP contribution < -0.4 is 4.18 Å². The van der Waals surface area contributed by atoms with Crippen LogP contribution in [0.5, 0.6) is 5.75 Å². The van der Waals surface area contributed by atoms with Gasteiger partial charge in [0.05, 0.1) is 4.90 Å². The summed E-state index contributed by atoms with van der Waals surface area (Å²) in [6, 6.07) is 7.50. The number of benzene rings is 2. The van der Waals surface area contributed by atoms with E-state index in [4.69, 9.17) is 4.18 Å². The number of hydrogen-bond acceptors (Lipinski definition) is 5. The summed E-state index contributed by atoms with van der Waals surface area (Å²) in [5.74, 6) is 4.81. The second kappa shape index (κ2) is 10.8. The van der Waals surface area contributed by atoms with Crippen LogP contribution in [0.2, 0.25) is 0 Å². The standard InChI is InChI=1S/C37H48O6S2/c1-20(2)29-19-35(21(3)10-36(29)44(38,39)40)43-45(41,42)37-33(31-15-23-5-8-26(31)12-23)17-28(30-14-22-4-7-25(30)11-22)18-34(37)32-16-24-6-9-27(32)13-24/h10,17-20,22-27,30-32H,4-9,11-16H2,1-3H3,(H,38,39,40)/t22?,23-,24?,25?,26?,27?,30?,31?,32?/m0/s1. The molecule has 6 saturated carbocycles. The van der Waals surface area contributed by atoms with E-state index in [9.17, 15) is 21.4 Å². The highest BCUT2D eigenvalue weighted by Gasteiger charge is 2.48. The lowest BCUT2D eigenvalue weighted by molar-refractivity contribution is 0.392. The van der Waals surface area contributed by atoms with Crippen molar-refractivity contribution >= 4 is 20.2 Å². The van der Waals surface area contributed by atoms with Gasteiger partial charge in [0.1, 0.15) is 10.6 Å². The monoisotopic (exact) mass is 652 g/mol. The summed E-state index contributed by atoms with van der Waals surface area (Å²) in [6.45, 7) is 5.30. The van der Waals surface area contributed by atoms with Gasteiger partial charge in [-0.05, 0) is 164 Å². The van der Waals surface area contributed by atoms with Crippen LogP contribution in [0.15, 0.2) is 34.1 Å². The molecule has 0 radical (unpaired) electrons. The molecule has 6 nitrogen and oxygen atoms in total. The van der Waals surface area contributed by atoms with Crippen LogP contribution in [0.3, 0.4) is 0 Å². The summed E-state index contributed by atoms with van der Waals surface area (Å²) in [4.78, 5) is 0.231. The molecule has 244 valence electrons. The molecule has 2 aromatic rings. The predicted molar refractivity (Wildman–Crippen MR) is 174 cm³/mol. The first-order valence-corrected chi connectivity index (χ1v) is 20.4. The molecule has 9 atom stereocenters. The molecule has 0 amide bonds. The van der Waals surface area contributed by atoms with Gasteiger partial charge in [-0.25, -0.2) is 0 Å². The fourth-order valence-electron chi connectivity index (χ4n) is 11.3. The van der Waals surface area contributed by atoms with Gasteiger partial charge in [0.15, 0.2) is 0 Å². The molecule has 0 aromatic heterocycles. The van der Waals surface area contributed by atoms with Crippen LogP contribution in [-0.4, -0.2) is 21.4 Å². The lowest BCUT2D eigenvalue weighted by atomic mass is 9.75. The van der Waals surface area contributed by atoms with Crippen molar-refractivity contribution in [2.45, 2.75) is 131 Å². The summed E-state index contributed by atoms with van der Waals surface area (Å²) in [5.41, 5.74) is 4.12. The number of fused-ring (bicyclic) bond motifs is 6. The van der Waals surface area contributed by atoms with E-state index in [-0.39, 0.29) is 28.4 Å². The topological polar surface area (TPSA) is 97.7 Å². The lowest BCUT2D eigenvalue weighted by Gasteiger charge is -2.32. The zero-order valence-electron chi connectivity index (χ0n) is 26.9. The minimum Gasteiger partial charge on any atom is -0.379 e. The Labute approximate surface area is 269 Å². The zero-order valence-corrected chi connectivity index (χ0v) is 28.5. The normalized spacial score (nSPS) is 35.3. The highest BCUT2D eigenvalue weighted by Crippen LogP contribution is 2.60. The highest BCUT2D eigenvalue weighted by atomic mass is 32.2. The van der Waals surface area contributed by atoms with Crippen molar-refractivity contribution in [2.24, 2.45) is 35.5 Å². The van der Waals surface area contributed by atoms with Crippen molar-refractivity contribution in [3.63, 3.8) is 0 Å². The maximum Gasteiger partial charge on any atom is 0.339 e. The molecule has 0 spiro atoms. The molecule has 8 rings (SSSR count). The Bertz CT molecular complexity index is 1690. The average molecular weight is 653 g/mol. The summed E-state index contributed by atoms with van der Waals surface area (Å²) < 4.78 is 70.2. The number of aryl methyl sites for hydroxylation is 1. The van der Waals surface area contributed by atoms with E-state index in [1.54, 1.807) is 6.92 Å². The molecule has 8 heteroatoms. The fraction of sp³-hybridized carbons (Fsp3) is 0.676.